The predicted molar refractivity (Wildman–Crippen MR) is 82.3 cm³/mol. The van der Waals surface area contributed by atoms with Gasteiger partial charge in [0.2, 0.25) is 5.91 Å². The van der Waals surface area contributed by atoms with Gasteiger partial charge >= 0.3 is 5.97 Å². The molecule has 1 aromatic rings. The van der Waals surface area contributed by atoms with Crippen LogP contribution in [0.3, 0.4) is 0 Å². The highest BCUT2D eigenvalue weighted by molar-refractivity contribution is 5.77. The van der Waals surface area contributed by atoms with E-state index in [1.54, 1.807) is 11.0 Å². The van der Waals surface area contributed by atoms with Crippen LogP contribution in [0.4, 0.5) is 4.39 Å². The molecule has 1 unspecified atom stereocenters. The number of halogens is 1. The van der Waals surface area contributed by atoms with Crippen molar-refractivity contribution in [3.05, 3.63) is 35.6 Å². The van der Waals surface area contributed by atoms with Gasteiger partial charge in [-0.2, -0.15) is 0 Å². The Labute approximate surface area is 135 Å². The van der Waals surface area contributed by atoms with E-state index in [4.69, 9.17) is 4.74 Å². The van der Waals surface area contributed by atoms with Gasteiger partial charge in [-0.25, -0.2) is 4.39 Å². The third-order valence-electron chi connectivity index (χ3n) is 3.84. The molecule has 1 fully saturated rings. The average molecular weight is 323 g/mol. The lowest BCUT2D eigenvalue weighted by Crippen LogP contribution is -2.46. The molecule has 1 aromatic carbocycles. The first-order chi connectivity index (χ1) is 11.1. The number of carbonyl (C=O) groups excluding carboxylic acids is 2. The Bertz CT molecular complexity index is 549. The quantitative estimate of drug-likeness (QED) is 0.751. The Morgan fingerprint density at radius 1 is 1.39 bits per heavy atom. The molecule has 0 N–H and O–H groups in total. The van der Waals surface area contributed by atoms with Crippen molar-refractivity contribution in [2.75, 3.05) is 26.8 Å². The minimum atomic E-state index is -0.302. The highest BCUT2D eigenvalue weighted by Crippen LogP contribution is 2.14. The first kappa shape index (κ1) is 17.4. The Kier molecular flexibility index (Phi) is 6.52. The maximum atomic E-state index is 13.2. The van der Waals surface area contributed by atoms with E-state index in [2.05, 4.69) is 4.74 Å². The molecule has 1 heterocycles. The van der Waals surface area contributed by atoms with Crippen LogP contribution in [0.5, 0.6) is 0 Å². The van der Waals surface area contributed by atoms with E-state index < -0.39 is 0 Å². The van der Waals surface area contributed by atoms with Crippen molar-refractivity contribution in [1.82, 2.24) is 4.90 Å². The van der Waals surface area contributed by atoms with Gasteiger partial charge in [-0.05, 0) is 24.1 Å². The minimum Gasteiger partial charge on any atom is -0.469 e. The van der Waals surface area contributed by atoms with E-state index in [0.29, 0.717) is 39.0 Å². The van der Waals surface area contributed by atoms with Crippen molar-refractivity contribution in [1.29, 1.82) is 0 Å². The highest BCUT2D eigenvalue weighted by Gasteiger charge is 2.24. The molecule has 0 aromatic heterocycles. The predicted octanol–water partition coefficient (Wildman–Crippen LogP) is 1.94. The van der Waals surface area contributed by atoms with Crippen LogP contribution in [-0.4, -0.2) is 49.7 Å². The van der Waals surface area contributed by atoms with Crippen LogP contribution in [0.15, 0.2) is 24.3 Å². The van der Waals surface area contributed by atoms with Crippen molar-refractivity contribution in [3.8, 4) is 0 Å². The van der Waals surface area contributed by atoms with E-state index in [1.807, 2.05) is 6.07 Å². The van der Waals surface area contributed by atoms with E-state index >= 15 is 0 Å². The van der Waals surface area contributed by atoms with Gasteiger partial charge < -0.3 is 14.4 Å². The molecule has 0 aliphatic carbocycles. The molecule has 1 aliphatic heterocycles. The maximum absolute atomic E-state index is 13.2. The lowest BCUT2D eigenvalue weighted by atomic mass is 10.1. The van der Waals surface area contributed by atoms with Crippen molar-refractivity contribution in [2.24, 2.45) is 0 Å². The molecule has 2 rings (SSSR count). The van der Waals surface area contributed by atoms with E-state index in [9.17, 15) is 14.0 Å². The van der Waals surface area contributed by atoms with E-state index in [0.717, 1.165) is 5.56 Å². The Morgan fingerprint density at radius 3 is 2.96 bits per heavy atom. The van der Waals surface area contributed by atoms with Crippen LogP contribution in [0, 0.1) is 5.82 Å². The molecule has 23 heavy (non-hydrogen) atoms. The van der Waals surface area contributed by atoms with Crippen LogP contribution < -0.4 is 0 Å². The van der Waals surface area contributed by atoms with Crippen molar-refractivity contribution < 1.29 is 23.5 Å². The summed E-state index contributed by atoms with van der Waals surface area (Å²) in [5.74, 6) is -0.556. The smallest absolute Gasteiger partial charge is 0.305 e. The van der Waals surface area contributed by atoms with Crippen molar-refractivity contribution in [2.45, 2.75) is 31.8 Å². The van der Waals surface area contributed by atoms with Gasteiger partial charge in [-0.15, -0.1) is 0 Å². The van der Waals surface area contributed by atoms with Crippen molar-refractivity contribution >= 4 is 11.9 Å². The fourth-order valence-corrected chi connectivity index (χ4v) is 2.64. The van der Waals surface area contributed by atoms with Gasteiger partial charge in [0.25, 0.3) is 0 Å². The SMILES string of the molecule is COC(=O)CCCC(=O)N1CCOC(Cc2cccc(F)c2)C1. The maximum Gasteiger partial charge on any atom is 0.305 e. The number of methoxy groups -OCH3 is 1. The normalized spacial score (nSPS) is 17.8. The highest BCUT2D eigenvalue weighted by atomic mass is 19.1. The number of ether oxygens (including phenoxy) is 2. The standard InChI is InChI=1S/C17H22FNO4/c1-22-17(21)7-3-6-16(20)19-8-9-23-15(12-19)11-13-4-2-5-14(18)10-13/h2,4-5,10,15H,3,6-9,11-12H2,1H3. The summed E-state index contributed by atoms with van der Waals surface area (Å²) in [7, 11) is 1.34. The lowest BCUT2D eigenvalue weighted by molar-refractivity contribution is -0.141. The van der Waals surface area contributed by atoms with Gasteiger partial charge in [0.1, 0.15) is 5.82 Å². The Balaban J connectivity index is 1.80. The fraction of sp³-hybridized carbons (Fsp3) is 0.529. The van der Waals surface area contributed by atoms with Gasteiger partial charge in [0, 0.05) is 32.4 Å². The molecule has 1 saturated heterocycles. The number of morpholine rings is 1. The lowest BCUT2D eigenvalue weighted by Gasteiger charge is -2.33. The first-order valence-corrected chi connectivity index (χ1v) is 7.79. The monoisotopic (exact) mass is 323 g/mol. The topological polar surface area (TPSA) is 55.8 Å². The fourth-order valence-electron chi connectivity index (χ4n) is 2.64. The third-order valence-corrected chi connectivity index (χ3v) is 3.84. The Morgan fingerprint density at radius 2 is 2.22 bits per heavy atom. The number of rotatable bonds is 6. The summed E-state index contributed by atoms with van der Waals surface area (Å²) in [5, 5.41) is 0. The summed E-state index contributed by atoms with van der Waals surface area (Å²) in [5.41, 5.74) is 0.856. The molecule has 126 valence electrons. The number of esters is 1. The third kappa shape index (κ3) is 5.63. The number of amides is 1. The molecule has 1 aliphatic rings. The van der Waals surface area contributed by atoms with Gasteiger partial charge in [-0.1, -0.05) is 12.1 Å². The summed E-state index contributed by atoms with van der Waals surface area (Å²) in [4.78, 5) is 25.0. The number of benzene rings is 1. The largest absolute Gasteiger partial charge is 0.469 e. The number of hydrogen-bond donors (Lipinski definition) is 0. The van der Waals surface area contributed by atoms with E-state index in [1.165, 1.54) is 19.2 Å². The van der Waals surface area contributed by atoms with Gasteiger partial charge in [-0.3, -0.25) is 9.59 Å². The van der Waals surface area contributed by atoms with E-state index in [-0.39, 0.29) is 30.2 Å². The zero-order valence-electron chi connectivity index (χ0n) is 13.3. The molecule has 6 heteroatoms. The van der Waals surface area contributed by atoms with Crippen LogP contribution in [0.2, 0.25) is 0 Å². The van der Waals surface area contributed by atoms with Gasteiger partial charge in [0.05, 0.1) is 19.8 Å². The molecular formula is C17H22FNO4. The molecular weight excluding hydrogens is 301 g/mol. The molecule has 0 saturated carbocycles. The summed E-state index contributed by atoms with van der Waals surface area (Å²) in [6.07, 6.45) is 1.50. The first-order valence-electron chi connectivity index (χ1n) is 7.79. The molecule has 5 nitrogen and oxygen atoms in total. The number of nitrogens with zero attached hydrogens (tertiary/aromatic N) is 1. The molecule has 0 spiro atoms. The number of hydrogen-bond acceptors (Lipinski definition) is 4. The molecule has 0 bridgehead atoms. The summed E-state index contributed by atoms with van der Waals surface area (Å²) in [6, 6.07) is 6.41. The van der Waals surface area contributed by atoms with Crippen LogP contribution >= 0.6 is 0 Å². The summed E-state index contributed by atoms with van der Waals surface area (Å²) >= 11 is 0. The summed E-state index contributed by atoms with van der Waals surface area (Å²) in [6.45, 7) is 1.52. The Hall–Kier alpha value is -1.95. The zero-order valence-corrected chi connectivity index (χ0v) is 13.3. The second kappa shape index (κ2) is 8.62. The molecule has 0 radical (unpaired) electrons. The zero-order chi connectivity index (χ0) is 16.7. The van der Waals surface area contributed by atoms with Crippen LogP contribution in [-0.2, 0) is 25.5 Å². The summed E-state index contributed by atoms with van der Waals surface area (Å²) < 4.78 is 23.4. The van der Waals surface area contributed by atoms with Crippen LogP contribution in [0.25, 0.3) is 0 Å². The number of carbonyl (C=O) groups is 2. The average Bonchev–Trinajstić information content (AvgIpc) is 2.55. The van der Waals surface area contributed by atoms with Crippen molar-refractivity contribution in [3.63, 3.8) is 0 Å². The molecule has 1 atom stereocenters. The minimum absolute atomic E-state index is 0.0152. The molecule has 1 amide bonds. The second-order valence-corrected chi connectivity index (χ2v) is 5.60. The van der Waals surface area contributed by atoms with Gasteiger partial charge in [0.15, 0.2) is 0 Å². The van der Waals surface area contributed by atoms with Crippen LogP contribution in [0.1, 0.15) is 24.8 Å². The second-order valence-electron chi connectivity index (χ2n) is 5.60.